The van der Waals surface area contributed by atoms with Gasteiger partial charge in [0.1, 0.15) is 17.5 Å². The predicted molar refractivity (Wildman–Crippen MR) is 88.0 cm³/mol. The first kappa shape index (κ1) is 13.8. The van der Waals surface area contributed by atoms with Crippen LogP contribution in [0.3, 0.4) is 0 Å². The molecule has 0 spiro atoms. The summed E-state index contributed by atoms with van der Waals surface area (Å²) in [6.45, 7) is 2.61. The van der Waals surface area contributed by atoms with Gasteiger partial charge < -0.3 is 4.74 Å². The van der Waals surface area contributed by atoms with Gasteiger partial charge in [-0.05, 0) is 42.8 Å². The monoisotopic (exact) mass is 307 g/mol. The van der Waals surface area contributed by atoms with Gasteiger partial charge in [-0.1, -0.05) is 19.1 Å². The molecule has 1 atom stereocenters. The van der Waals surface area contributed by atoms with E-state index in [0.29, 0.717) is 12.2 Å². The van der Waals surface area contributed by atoms with E-state index < -0.39 is 0 Å². The maximum absolute atomic E-state index is 13.1. The SMILES string of the molecule is CCC1CN(C(=O)c2ccc3cccnn23)c2ccccc2O1. The molecule has 1 amide bonds. The van der Waals surface area contributed by atoms with Crippen molar-refractivity contribution in [3.05, 3.63) is 60.4 Å². The van der Waals surface area contributed by atoms with Gasteiger partial charge in [0.2, 0.25) is 0 Å². The smallest absolute Gasteiger partial charge is 0.277 e. The highest BCUT2D eigenvalue weighted by molar-refractivity contribution is 6.06. The van der Waals surface area contributed by atoms with Crippen LogP contribution in [0.4, 0.5) is 5.69 Å². The Hall–Kier alpha value is -2.82. The maximum Gasteiger partial charge on any atom is 0.277 e. The van der Waals surface area contributed by atoms with Crippen molar-refractivity contribution >= 4 is 17.1 Å². The van der Waals surface area contributed by atoms with Gasteiger partial charge in [-0.25, -0.2) is 4.52 Å². The van der Waals surface area contributed by atoms with Gasteiger partial charge in [0.15, 0.2) is 0 Å². The molecule has 1 unspecified atom stereocenters. The number of hydrogen-bond acceptors (Lipinski definition) is 3. The van der Waals surface area contributed by atoms with Crippen molar-refractivity contribution in [2.45, 2.75) is 19.4 Å². The van der Waals surface area contributed by atoms with Crippen LogP contribution in [0.5, 0.6) is 5.75 Å². The molecular formula is C18H17N3O2. The molecule has 1 aliphatic heterocycles. The molecule has 23 heavy (non-hydrogen) atoms. The van der Waals surface area contributed by atoms with E-state index in [1.165, 1.54) is 0 Å². The molecule has 1 aromatic carbocycles. The molecule has 0 aliphatic carbocycles. The quantitative estimate of drug-likeness (QED) is 0.730. The molecular weight excluding hydrogens is 290 g/mol. The topological polar surface area (TPSA) is 46.8 Å². The molecule has 116 valence electrons. The van der Waals surface area contributed by atoms with Crippen molar-refractivity contribution in [1.29, 1.82) is 0 Å². The lowest BCUT2D eigenvalue weighted by Gasteiger charge is -2.34. The molecule has 1 aliphatic rings. The first-order chi connectivity index (χ1) is 11.3. The predicted octanol–water partition coefficient (Wildman–Crippen LogP) is 3.15. The third-order valence-electron chi connectivity index (χ3n) is 4.18. The van der Waals surface area contributed by atoms with Crippen LogP contribution in [0.2, 0.25) is 0 Å². The third-order valence-corrected chi connectivity index (χ3v) is 4.18. The number of hydrogen-bond donors (Lipinski definition) is 0. The average Bonchev–Trinajstić information content (AvgIpc) is 3.04. The van der Waals surface area contributed by atoms with E-state index in [4.69, 9.17) is 4.74 Å². The highest BCUT2D eigenvalue weighted by Crippen LogP contribution is 2.34. The molecule has 0 fully saturated rings. The number of benzene rings is 1. The molecule has 5 nitrogen and oxygen atoms in total. The average molecular weight is 307 g/mol. The van der Waals surface area contributed by atoms with Crippen molar-refractivity contribution in [2.24, 2.45) is 0 Å². The van der Waals surface area contributed by atoms with Crippen LogP contribution < -0.4 is 9.64 Å². The van der Waals surface area contributed by atoms with Gasteiger partial charge >= 0.3 is 0 Å². The number of para-hydroxylation sites is 2. The van der Waals surface area contributed by atoms with Crippen LogP contribution in [0.1, 0.15) is 23.8 Å². The van der Waals surface area contributed by atoms with Gasteiger partial charge in [-0.2, -0.15) is 5.10 Å². The number of anilines is 1. The lowest BCUT2D eigenvalue weighted by Crippen LogP contribution is -2.43. The van der Waals surface area contributed by atoms with E-state index >= 15 is 0 Å². The summed E-state index contributed by atoms with van der Waals surface area (Å²) in [5, 5.41) is 4.29. The Kier molecular flexibility index (Phi) is 3.26. The molecule has 5 heteroatoms. The Morgan fingerprint density at radius 2 is 2.09 bits per heavy atom. The molecule has 0 radical (unpaired) electrons. The second-order valence-corrected chi connectivity index (χ2v) is 5.61. The Labute approximate surface area is 134 Å². The van der Waals surface area contributed by atoms with E-state index in [-0.39, 0.29) is 12.0 Å². The van der Waals surface area contributed by atoms with Crippen LogP contribution in [0.25, 0.3) is 5.52 Å². The lowest BCUT2D eigenvalue weighted by molar-refractivity contribution is 0.0948. The number of amides is 1. The van der Waals surface area contributed by atoms with Gasteiger partial charge in [-0.15, -0.1) is 0 Å². The molecule has 3 heterocycles. The normalized spacial score (nSPS) is 16.9. The van der Waals surface area contributed by atoms with E-state index in [1.54, 1.807) is 15.6 Å². The molecule has 4 rings (SSSR count). The van der Waals surface area contributed by atoms with Crippen molar-refractivity contribution in [1.82, 2.24) is 9.61 Å². The molecule has 0 N–H and O–H groups in total. The molecule has 0 saturated carbocycles. The number of fused-ring (bicyclic) bond motifs is 2. The van der Waals surface area contributed by atoms with Gasteiger partial charge in [-0.3, -0.25) is 9.69 Å². The third kappa shape index (κ3) is 2.25. The molecule has 3 aromatic rings. The fourth-order valence-corrected chi connectivity index (χ4v) is 2.95. The van der Waals surface area contributed by atoms with Gasteiger partial charge in [0.05, 0.1) is 17.7 Å². The number of nitrogens with zero attached hydrogens (tertiary/aromatic N) is 3. The zero-order valence-electron chi connectivity index (χ0n) is 12.8. The summed E-state index contributed by atoms with van der Waals surface area (Å²) >= 11 is 0. The summed E-state index contributed by atoms with van der Waals surface area (Å²) in [5.74, 6) is 0.700. The van der Waals surface area contributed by atoms with Crippen LogP contribution in [-0.4, -0.2) is 28.2 Å². The van der Waals surface area contributed by atoms with Crippen molar-refractivity contribution in [2.75, 3.05) is 11.4 Å². The first-order valence-electron chi connectivity index (χ1n) is 7.78. The standard InChI is InChI=1S/C18H17N3O2/c1-2-14-12-20(15-7-3-4-8-17(15)23-14)18(22)16-10-9-13-6-5-11-19-21(13)16/h3-11,14H,2,12H2,1H3. The summed E-state index contributed by atoms with van der Waals surface area (Å²) in [4.78, 5) is 14.9. The number of rotatable bonds is 2. The van der Waals surface area contributed by atoms with E-state index in [0.717, 1.165) is 23.4 Å². The van der Waals surface area contributed by atoms with Crippen molar-refractivity contribution in [3.63, 3.8) is 0 Å². The molecule has 2 aromatic heterocycles. The summed E-state index contributed by atoms with van der Waals surface area (Å²) in [6, 6.07) is 15.2. The van der Waals surface area contributed by atoms with E-state index in [9.17, 15) is 4.79 Å². The number of carbonyl (C=O) groups excluding carboxylic acids is 1. The highest BCUT2D eigenvalue weighted by Gasteiger charge is 2.30. The van der Waals surface area contributed by atoms with Gasteiger partial charge in [0, 0.05) is 6.20 Å². The maximum atomic E-state index is 13.1. The fourth-order valence-electron chi connectivity index (χ4n) is 2.95. The Balaban J connectivity index is 1.78. The Morgan fingerprint density at radius 1 is 1.22 bits per heavy atom. The number of aromatic nitrogens is 2. The van der Waals surface area contributed by atoms with E-state index in [2.05, 4.69) is 12.0 Å². The minimum absolute atomic E-state index is 0.00744. The van der Waals surface area contributed by atoms with Crippen LogP contribution in [0.15, 0.2) is 54.7 Å². The second kappa shape index (κ2) is 5.43. The van der Waals surface area contributed by atoms with Gasteiger partial charge in [0.25, 0.3) is 5.91 Å². The summed E-state index contributed by atoms with van der Waals surface area (Å²) in [6.07, 6.45) is 2.55. The molecule has 0 bridgehead atoms. The minimum atomic E-state index is -0.0575. The van der Waals surface area contributed by atoms with Crippen molar-refractivity contribution < 1.29 is 9.53 Å². The molecule has 0 saturated heterocycles. The first-order valence-corrected chi connectivity index (χ1v) is 7.78. The zero-order valence-corrected chi connectivity index (χ0v) is 12.8. The zero-order chi connectivity index (χ0) is 15.8. The fraction of sp³-hybridized carbons (Fsp3) is 0.222. The highest BCUT2D eigenvalue weighted by atomic mass is 16.5. The lowest BCUT2D eigenvalue weighted by atomic mass is 10.1. The number of ether oxygens (including phenoxy) is 1. The number of carbonyl (C=O) groups is 1. The Morgan fingerprint density at radius 3 is 2.96 bits per heavy atom. The van der Waals surface area contributed by atoms with Crippen LogP contribution in [0, 0.1) is 0 Å². The van der Waals surface area contributed by atoms with Crippen LogP contribution in [-0.2, 0) is 0 Å². The Bertz CT molecular complexity index is 871. The summed E-state index contributed by atoms with van der Waals surface area (Å²) < 4.78 is 7.63. The van der Waals surface area contributed by atoms with Crippen molar-refractivity contribution in [3.8, 4) is 5.75 Å². The summed E-state index contributed by atoms with van der Waals surface area (Å²) in [5.41, 5.74) is 2.28. The minimum Gasteiger partial charge on any atom is -0.486 e. The summed E-state index contributed by atoms with van der Waals surface area (Å²) in [7, 11) is 0. The van der Waals surface area contributed by atoms with Crippen LogP contribution >= 0.6 is 0 Å². The van der Waals surface area contributed by atoms with E-state index in [1.807, 2.05) is 48.5 Å². The largest absolute Gasteiger partial charge is 0.486 e. The second-order valence-electron chi connectivity index (χ2n) is 5.61.